The Balaban J connectivity index is 2.38. The van der Waals surface area contributed by atoms with Crippen molar-refractivity contribution >= 4 is 18.0 Å². The Hall–Kier alpha value is -2.61. The van der Waals surface area contributed by atoms with Crippen molar-refractivity contribution in [3.05, 3.63) is 41.5 Å². The molecule has 5 nitrogen and oxygen atoms in total. The molecule has 21 heavy (non-hydrogen) atoms. The van der Waals surface area contributed by atoms with Gasteiger partial charge in [-0.2, -0.15) is 5.26 Å². The predicted molar refractivity (Wildman–Crippen MR) is 79.0 cm³/mol. The van der Waals surface area contributed by atoms with Crippen LogP contribution in [0.25, 0.3) is 6.08 Å². The monoisotopic (exact) mass is 286 g/mol. The molecular formula is C16H18N2O3. The molecule has 0 heterocycles. The molecule has 0 aliphatic heterocycles. The smallest absolute Gasteiger partial charge is 0.331 e. The van der Waals surface area contributed by atoms with Gasteiger partial charge in [0, 0.05) is 19.7 Å². The molecule has 5 heteroatoms. The van der Waals surface area contributed by atoms with E-state index < -0.39 is 5.97 Å². The Labute approximate surface area is 124 Å². The minimum atomic E-state index is -0.572. The van der Waals surface area contributed by atoms with Gasteiger partial charge in [-0.1, -0.05) is 29.8 Å². The molecule has 0 unspecified atom stereocenters. The molecule has 1 aromatic rings. The first-order valence-corrected chi connectivity index (χ1v) is 6.55. The number of hydrogen-bond acceptors (Lipinski definition) is 4. The fourth-order valence-corrected chi connectivity index (χ4v) is 1.48. The maximum absolute atomic E-state index is 11.6. The number of amides is 1. The summed E-state index contributed by atoms with van der Waals surface area (Å²) in [5.74, 6) is -0.903. The van der Waals surface area contributed by atoms with Gasteiger partial charge in [0.05, 0.1) is 12.5 Å². The van der Waals surface area contributed by atoms with E-state index in [1.165, 1.54) is 11.0 Å². The van der Waals surface area contributed by atoms with E-state index >= 15 is 0 Å². The normalized spacial score (nSPS) is 10.1. The lowest BCUT2D eigenvalue weighted by Crippen LogP contribution is -2.31. The Kier molecular flexibility index (Phi) is 6.69. The summed E-state index contributed by atoms with van der Waals surface area (Å²) < 4.78 is 4.85. The summed E-state index contributed by atoms with van der Waals surface area (Å²) in [6.07, 6.45) is 3.17. The van der Waals surface area contributed by atoms with Gasteiger partial charge in [0.15, 0.2) is 6.61 Å². The van der Waals surface area contributed by atoms with E-state index in [1.807, 2.05) is 37.3 Å². The van der Waals surface area contributed by atoms with Crippen molar-refractivity contribution < 1.29 is 14.3 Å². The van der Waals surface area contributed by atoms with Crippen molar-refractivity contribution in [2.24, 2.45) is 0 Å². The van der Waals surface area contributed by atoms with E-state index in [1.54, 1.807) is 13.1 Å². The number of nitrogens with zero attached hydrogens (tertiary/aromatic N) is 2. The molecule has 1 aromatic carbocycles. The van der Waals surface area contributed by atoms with Crippen LogP contribution in [0, 0.1) is 18.3 Å². The molecule has 0 fully saturated rings. The lowest BCUT2D eigenvalue weighted by molar-refractivity contribution is -0.147. The highest BCUT2D eigenvalue weighted by atomic mass is 16.5. The minimum Gasteiger partial charge on any atom is -0.452 e. The average Bonchev–Trinajstić information content (AvgIpc) is 2.49. The molecule has 0 spiro atoms. The van der Waals surface area contributed by atoms with E-state index in [0.717, 1.165) is 11.1 Å². The van der Waals surface area contributed by atoms with Crippen LogP contribution in [-0.4, -0.2) is 37.0 Å². The number of nitriles is 1. The summed E-state index contributed by atoms with van der Waals surface area (Å²) in [6.45, 7) is 1.99. The molecule has 0 aliphatic rings. The second-order valence-corrected chi connectivity index (χ2v) is 4.58. The van der Waals surface area contributed by atoms with E-state index in [4.69, 9.17) is 10.00 Å². The number of carbonyl (C=O) groups excluding carboxylic acids is 2. The van der Waals surface area contributed by atoms with E-state index in [0.29, 0.717) is 6.54 Å². The van der Waals surface area contributed by atoms with E-state index in [-0.39, 0.29) is 18.9 Å². The predicted octanol–water partition coefficient (Wildman–Crippen LogP) is 1.92. The van der Waals surface area contributed by atoms with Gasteiger partial charge >= 0.3 is 5.97 Å². The molecule has 0 aliphatic carbocycles. The van der Waals surface area contributed by atoms with Gasteiger partial charge in [-0.15, -0.1) is 0 Å². The molecule has 0 saturated carbocycles. The summed E-state index contributed by atoms with van der Waals surface area (Å²) in [6, 6.07) is 9.61. The van der Waals surface area contributed by atoms with Crippen LogP contribution in [0.4, 0.5) is 0 Å². The van der Waals surface area contributed by atoms with Gasteiger partial charge in [-0.3, -0.25) is 4.79 Å². The zero-order valence-electron chi connectivity index (χ0n) is 12.2. The van der Waals surface area contributed by atoms with Gasteiger partial charge < -0.3 is 9.64 Å². The summed E-state index contributed by atoms with van der Waals surface area (Å²) in [7, 11) is 1.57. The number of carbonyl (C=O) groups is 2. The topological polar surface area (TPSA) is 70.4 Å². The fraction of sp³-hybridized carbons (Fsp3) is 0.312. The summed E-state index contributed by atoms with van der Waals surface area (Å²) >= 11 is 0. The highest BCUT2D eigenvalue weighted by Gasteiger charge is 2.10. The molecule has 1 amide bonds. The van der Waals surface area contributed by atoms with Crippen LogP contribution in [0.15, 0.2) is 30.3 Å². The zero-order valence-corrected chi connectivity index (χ0v) is 12.2. The van der Waals surface area contributed by atoms with Crippen LogP contribution in [0.3, 0.4) is 0 Å². The number of esters is 1. The lowest BCUT2D eigenvalue weighted by atomic mass is 10.1. The summed E-state index contributed by atoms with van der Waals surface area (Å²) in [5.41, 5.74) is 2.02. The van der Waals surface area contributed by atoms with Crippen LogP contribution in [0.2, 0.25) is 0 Å². The molecule has 0 aromatic heterocycles. The zero-order chi connectivity index (χ0) is 15.7. The first-order chi connectivity index (χ1) is 10.0. The van der Waals surface area contributed by atoms with Crippen LogP contribution >= 0.6 is 0 Å². The van der Waals surface area contributed by atoms with Gasteiger partial charge in [-0.05, 0) is 18.6 Å². The summed E-state index contributed by atoms with van der Waals surface area (Å²) in [5, 5.41) is 8.43. The number of likely N-dealkylation sites (N-methyl/N-ethyl adjacent to an activating group) is 1. The lowest BCUT2D eigenvalue weighted by Gasteiger charge is -2.14. The highest BCUT2D eigenvalue weighted by Crippen LogP contribution is 2.05. The number of ether oxygens (including phenoxy) is 1. The molecule has 0 bridgehead atoms. The molecule has 0 saturated heterocycles. The Morgan fingerprint density at radius 3 is 2.62 bits per heavy atom. The molecule has 0 N–H and O–H groups in total. The van der Waals surface area contributed by atoms with Crippen LogP contribution < -0.4 is 0 Å². The van der Waals surface area contributed by atoms with E-state index in [2.05, 4.69) is 0 Å². The Bertz CT molecular complexity index is 556. The Morgan fingerprint density at radius 1 is 1.33 bits per heavy atom. The molecule has 0 atom stereocenters. The quantitative estimate of drug-likeness (QED) is 0.591. The number of hydrogen-bond donors (Lipinski definition) is 0. The van der Waals surface area contributed by atoms with Crippen LogP contribution in [-0.2, 0) is 14.3 Å². The van der Waals surface area contributed by atoms with Gasteiger partial charge in [0.2, 0.25) is 0 Å². The third-order valence-corrected chi connectivity index (χ3v) is 2.81. The number of rotatable bonds is 6. The second kappa shape index (κ2) is 8.54. The largest absolute Gasteiger partial charge is 0.452 e. The summed E-state index contributed by atoms with van der Waals surface area (Å²) in [4.78, 5) is 24.4. The first-order valence-electron chi connectivity index (χ1n) is 6.55. The molecule has 110 valence electrons. The molecule has 0 radical (unpaired) electrons. The molecule has 1 rings (SSSR count). The van der Waals surface area contributed by atoms with Gasteiger partial charge in [0.1, 0.15) is 0 Å². The standard InChI is InChI=1S/C16H18N2O3/c1-13-4-6-14(7-5-13)8-9-16(20)21-12-15(19)18(2)11-3-10-17/h4-9H,3,11-12H2,1-2H3/b9-8+. The fourth-order valence-electron chi connectivity index (χ4n) is 1.48. The third kappa shape index (κ3) is 6.39. The molecular weight excluding hydrogens is 268 g/mol. The third-order valence-electron chi connectivity index (χ3n) is 2.81. The van der Waals surface area contributed by atoms with Crippen molar-refractivity contribution in [2.45, 2.75) is 13.3 Å². The van der Waals surface area contributed by atoms with Crippen molar-refractivity contribution in [1.29, 1.82) is 5.26 Å². The number of aryl methyl sites for hydroxylation is 1. The van der Waals surface area contributed by atoms with E-state index in [9.17, 15) is 9.59 Å². The maximum atomic E-state index is 11.6. The SMILES string of the molecule is Cc1ccc(/C=C/C(=O)OCC(=O)N(C)CCC#N)cc1. The van der Waals surface area contributed by atoms with Crippen LogP contribution in [0.5, 0.6) is 0 Å². The average molecular weight is 286 g/mol. The van der Waals surface area contributed by atoms with Crippen molar-refractivity contribution in [3.8, 4) is 6.07 Å². The van der Waals surface area contributed by atoms with Crippen LogP contribution in [0.1, 0.15) is 17.5 Å². The minimum absolute atomic E-state index is 0.253. The van der Waals surface area contributed by atoms with Crippen molar-refractivity contribution in [1.82, 2.24) is 4.90 Å². The maximum Gasteiger partial charge on any atom is 0.331 e. The van der Waals surface area contributed by atoms with Gasteiger partial charge in [0.25, 0.3) is 5.91 Å². The van der Waals surface area contributed by atoms with Gasteiger partial charge in [-0.25, -0.2) is 4.79 Å². The first kappa shape index (κ1) is 16.4. The highest BCUT2D eigenvalue weighted by molar-refractivity contribution is 5.89. The second-order valence-electron chi connectivity index (χ2n) is 4.58. The van der Waals surface area contributed by atoms with Crippen molar-refractivity contribution in [3.63, 3.8) is 0 Å². The van der Waals surface area contributed by atoms with Crippen molar-refractivity contribution in [2.75, 3.05) is 20.2 Å². The Morgan fingerprint density at radius 2 is 2.00 bits per heavy atom. The number of benzene rings is 1.